The van der Waals surface area contributed by atoms with Crippen LogP contribution in [-0.2, 0) is 19.4 Å². The fourth-order valence-corrected chi connectivity index (χ4v) is 3.54. The Kier molecular flexibility index (Phi) is 21.4. The van der Waals surface area contributed by atoms with Gasteiger partial charge in [0.15, 0.2) is 0 Å². The minimum absolute atomic E-state index is 0.214. The Hall–Kier alpha value is -1.32. The van der Waals surface area contributed by atoms with Crippen LogP contribution in [0.2, 0.25) is 0 Å². The fraction of sp³-hybridized carbons (Fsp3) is 0.846. The summed E-state index contributed by atoms with van der Waals surface area (Å²) in [4.78, 5) is 31.3. The van der Waals surface area contributed by atoms with Crippen molar-refractivity contribution in [3.8, 4) is 0 Å². The monoisotopic (exact) mass is 424 g/mol. The molecular weight excluding hydrogens is 376 g/mol. The van der Waals surface area contributed by atoms with Crippen molar-refractivity contribution in [3.63, 3.8) is 0 Å². The van der Waals surface area contributed by atoms with Crippen molar-refractivity contribution in [1.29, 1.82) is 0 Å². The van der Waals surface area contributed by atoms with Gasteiger partial charge >= 0.3 is 11.9 Å². The van der Waals surface area contributed by atoms with Crippen LogP contribution in [0.1, 0.15) is 142 Å². The molecule has 0 aliphatic heterocycles. The zero-order chi connectivity index (χ0) is 22.3. The first-order chi connectivity index (χ1) is 14.6. The van der Waals surface area contributed by atoms with E-state index in [0.29, 0.717) is 6.42 Å². The Bertz CT molecular complexity index is 431. The van der Waals surface area contributed by atoms with Gasteiger partial charge in [-0.05, 0) is 13.3 Å². The maximum Gasteiger partial charge on any atom is 0.381 e. The summed E-state index contributed by atoms with van der Waals surface area (Å²) in [5.41, 5.74) is 0.214. The second kappa shape index (κ2) is 22.4. The lowest BCUT2D eigenvalue weighted by molar-refractivity contribution is -0.255. The Labute approximate surface area is 186 Å². The first kappa shape index (κ1) is 28.7. The summed E-state index contributed by atoms with van der Waals surface area (Å²) in [6, 6.07) is 0. The lowest BCUT2D eigenvalue weighted by atomic mass is 10.0. The van der Waals surface area contributed by atoms with Crippen molar-refractivity contribution < 1.29 is 19.4 Å². The van der Waals surface area contributed by atoms with Crippen LogP contribution in [0.3, 0.4) is 0 Å². The predicted molar refractivity (Wildman–Crippen MR) is 125 cm³/mol. The zero-order valence-electron chi connectivity index (χ0n) is 20.0. The molecule has 176 valence electrons. The molecule has 0 aliphatic rings. The van der Waals surface area contributed by atoms with Gasteiger partial charge < -0.3 is 0 Å². The van der Waals surface area contributed by atoms with E-state index in [0.717, 1.165) is 19.3 Å². The highest BCUT2D eigenvalue weighted by Crippen LogP contribution is 2.15. The van der Waals surface area contributed by atoms with Crippen LogP contribution in [0.25, 0.3) is 0 Å². The molecule has 0 bridgehead atoms. The van der Waals surface area contributed by atoms with Crippen LogP contribution < -0.4 is 0 Å². The SMILES string of the molecule is C=C(C)C(=O)OOC(=O)CCCCCCCCCCCCCCCCCCCCC. The first-order valence-electron chi connectivity index (χ1n) is 12.6. The minimum atomic E-state index is -0.698. The van der Waals surface area contributed by atoms with Crippen LogP contribution in [0.4, 0.5) is 0 Å². The quantitative estimate of drug-likeness (QED) is 0.0803. The molecule has 0 radical (unpaired) electrons. The third-order valence-corrected chi connectivity index (χ3v) is 5.54. The summed E-state index contributed by atoms with van der Waals surface area (Å²) in [6.07, 6.45) is 25.4. The summed E-state index contributed by atoms with van der Waals surface area (Å²) in [5.74, 6) is -1.19. The lowest BCUT2D eigenvalue weighted by Gasteiger charge is -2.04. The minimum Gasteiger partial charge on any atom is -0.247 e. The zero-order valence-corrected chi connectivity index (χ0v) is 20.0. The van der Waals surface area contributed by atoms with Crippen LogP contribution >= 0.6 is 0 Å². The lowest BCUT2D eigenvalue weighted by Crippen LogP contribution is -2.11. The summed E-state index contributed by atoms with van der Waals surface area (Å²) in [6.45, 7) is 7.21. The topological polar surface area (TPSA) is 52.6 Å². The van der Waals surface area contributed by atoms with E-state index in [4.69, 9.17) is 0 Å². The van der Waals surface area contributed by atoms with Gasteiger partial charge in [-0.15, -0.1) is 0 Å². The Balaban J connectivity index is 3.17. The molecule has 0 rings (SSSR count). The molecule has 0 aromatic carbocycles. The van der Waals surface area contributed by atoms with E-state index in [1.54, 1.807) is 0 Å². The Morgan fingerprint density at radius 1 is 0.567 bits per heavy atom. The average Bonchev–Trinajstić information content (AvgIpc) is 2.73. The van der Waals surface area contributed by atoms with Gasteiger partial charge in [0.2, 0.25) is 0 Å². The highest BCUT2D eigenvalue weighted by atomic mass is 17.2. The number of rotatable bonds is 21. The molecule has 0 aliphatic carbocycles. The molecule has 0 amide bonds. The molecule has 0 saturated heterocycles. The fourth-order valence-electron chi connectivity index (χ4n) is 3.54. The number of carbonyl (C=O) groups is 2. The van der Waals surface area contributed by atoms with Crippen molar-refractivity contribution in [2.75, 3.05) is 0 Å². The molecule has 0 atom stereocenters. The highest BCUT2D eigenvalue weighted by Gasteiger charge is 2.09. The molecule has 30 heavy (non-hydrogen) atoms. The highest BCUT2D eigenvalue weighted by molar-refractivity contribution is 5.87. The van der Waals surface area contributed by atoms with Crippen molar-refractivity contribution >= 4 is 11.9 Å². The number of hydrogen-bond acceptors (Lipinski definition) is 4. The second-order valence-electron chi connectivity index (χ2n) is 8.72. The molecule has 4 heteroatoms. The van der Waals surface area contributed by atoms with E-state index in [1.807, 2.05) is 0 Å². The number of unbranched alkanes of at least 4 members (excludes halogenated alkanes) is 18. The summed E-state index contributed by atoms with van der Waals surface area (Å²) >= 11 is 0. The molecule has 0 N–H and O–H groups in total. The Morgan fingerprint density at radius 3 is 1.23 bits per heavy atom. The van der Waals surface area contributed by atoms with Crippen molar-refractivity contribution in [1.82, 2.24) is 0 Å². The standard InChI is InChI=1S/C26H48O4/c1-4-5-6-7-8-9-10-11-12-13-14-15-16-17-18-19-20-21-22-23-25(27)29-30-26(28)24(2)3/h2,4-23H2,1,3H3. The van der Waals surface area contributed by atoms with E-state index in [1.165, 1.54) is 110 Å². The maximum absolute atomic E-state index is 11.4. The van der Waals surface area contributed by atoms with Gasteiger partial charge in [0.05, 0.1) is 6.42 Å². The first-order valence-corrected chi connectivity index (χ1v) is 12.6. The molecule has 0 saturated carbocycles. The largest absolute Gasteiger partial charge is 0.381 e. The van der Waals surface area contributed by atoms with E-state index < -0.39 is 11.9 Å². The van der Waals surface area contributed by atoms with E-state index in [9.17, 15) is 9.59 Å². The average molecular weight is 425 g/mol. The van der Waals surface area contributed by atoms with Crippen LogP contribution in [0, 0.1) is 0 Å². The van der Waals surface area contributed by atoms with Crippen LogP contribution in [0.15, 0.2) is 12.2 Å². The summed E-state index contributed by atoms with van der Waals surface area (Å²) in [5, 5.41) is 0. The second-order valence-corrected chi connectivity index (χ2v) is 8.72. The van der Waals surface area contributed by atoms with Gasteiger partial charge in [0, 0.05) is 5.57 Å². The van der Waals surface area contributed by atoms with E-state index >= 15 is 0 Å². The molecule has 0 aromatic rings. The molecule has 0 unspecified atom stereocenters. The number of hydrogen-bond donors (Lipinski definition) is 0. The predicted octanol–water partition coefficient (Wildman–Crippen LogP) is 8.39. The molecule has 0 spiro atoms. The smallest absolute Gasteiger partial charge is 0.247 e. The summed E-state index contributed by atoms with van der Waals surface area (Å²) < 4.78 is 0. The van der Waals surface area contributed by atoms with E-state index in [2.05, 4.69) is 23.3 Å². The van der Waals surface area contributed by atoms with Crippen LogP contribution in [-0.4, -0.2) is 11.9 Å². The Morgan fingerprint density at radius 2 is 0.900 bits per heavy atom. The van der Waals surface area contributed by atoms with Gasteiger partial charge in [0.25, 0.3) is 0 Å². The van der Waals surface area contributed by atoms with Crippen LogP contribution in [0.5, 0.6) is 0 Å². The van der Waals surface area contributed by atoms with E-state index in [-0.39, 0.29) is 5.57 Å². The molecule has 0 aromatic heterocycles. The molecule has 0 heterocycles. The van der Waals surface area contributed by atoms with Gasteiger partial charge in [-0.1, -0.05) is 129 Å². The maximum atomic E-state index is 11.4. The molecular formula is C26H48O4. The third kappa shape index (κ3) is 21.4. The van der Waals surface area contributed by atoms with Gasteiger partial charge in [-0.25, -0.2) is 19.4 Å². The van der Waals surface area contributed by atoms with Gasteiger partial charge in [-0.2, -0.15) is 0 Å². The summed E-state index contributed by atoms with van der Waals surface area (Å²) in [7, 11) is 0. The van der Waals surface area contributed by atoms with Gasteiger partial charge in [-0.3, -0.25) is 0 Å². The van der Waals surface area contributed by atoms with Crippen molar-refractivity contribution in [3.05, 3.63) is 12.2 Å². The molecule has 0 fully saturated rings. The molecule has 4 nitrogen and oxygen atoms in total. The third-order valence-electron chi connectivity index (χ3n) is 5.54. The van der Waals surface area contributed by atoms with Crippen molar-refractivity contribution in [2.45, 2.75) is 142 Å². The normalized spacial score (nSPS) is 10.7. The van der Waals surface area contributed by atoms with Crippen molar-refractivity contribution in [2.24, 2.45) is 0 Å². The number of carbonyl (C=O) groups excluding carboxylic acids is 2. The van der Waals surface area contributed by atoms with Gasteiger partial charge in [0.1, 0.15) is 0 Å².